The van der Waals surface area contributed by atoms with Crippen molar-refractivity contribution in [3.05, 3.63) is 11.6 Å². The molecule has 0 aliphatic rings. The van der Waals surface area contributed by atoms with E-state index in [0.29, 0.717) is 0 Å². The van der Waals surface area contributed by atoms with Crippen LogP contribution in [-0.2, 0) is 0 Å². The number of hydrogen-bond donors (Lipinski definition) is 0. The van der Waals surface area contributed by atoms with E-state index in [2.05, 4.69) is 33.8 Å². The second kappa shape index (κ2) is 8.34. The molecular formula is C13H26. The van der Waals surface area contributed by atoms with Crippen LogP contribution in [0.5, 0.6) is 0 Å². The minimum Gasteiger partial charge on any atom is -0.0859 e. The van der Waals surface area contributed by atoms with Crippen LogP contribution in [0.2, 0.25) is 0 Å². The van der Waals surface area contributed by atoms with Gasteiger partial charge in [-0.15, -0.1) is 0 Å². The van der Waals surface area contributed by atoms with Crippen molar-refractivity contribution < 1.29 is 0 Å². The van der Waals surface area contributed by atoms with Crippen LogP contribution in [-0.4, -0.2) is 0 Å². The molecule has 0 aliphatic heterocycles. The van der Waals surface area contributed by atoms with Gasteiger partial charge in [0.15, 0.2) is 0 Å². The monoisotopic (exact) mass is 182 g/mol. The predicted molar refractivity (Wildman–Crippen MR) is 62.0 cm³/mol. The molecule has 0 aliphatic carbocycles. The Labute approximate surface area is 84.4 Å². The quantitative estimate of drug-likeness (QED) is 0.386. The van der Waals surface area contributed by atoms with Crippen LogP contribution in [0.3, 0.4) is 0 Å². The van der Waals surface area contributed by atoms with Crippen LogP contribution in [0.1, 0.15) is 66.2 Å². The van der Waals surface area contributed by atoms with Gasteiger partial charge in [-0.3, -0.25) is 0 Å². The lowest BCUT2D eigenvalue weighted by atomic mass is 9.94. The van der Waals surface area contributed by atoms with Crippen molar-refractivity contribution in [3.63, 3.8) is 0 Å². The van der Waals surface area contributed by atoms with Crippen molar-refractivity contribution in [2.45, 2.75) is 66.2 Å². The first kappa shape index (κ1) is 12.7. The Morgan fingerprint density at radius 1 is 1.15 bits per heavy atom. The van der Waals surface area contributed by atoms with E-state index in [-0.39, 0.29) is 0 Å². The molecule has 0 spiro atoms. The van der Waals surface area contributed by atoms with Crippen molar-refractivity contribution >= 4 is 0 Å². The Bertz CT molecular complexity index is 129. The molecule has 0 aromatic rings. The molecule has 13 heavy (non-hydrogen) atoms. The predicted octanol–water partition coefficient (Wildman–Crippen LogP) is 4.95. The van der Waals surface area contributed by atoms with Crippen LogP contribution in [0.4, 0.5) is 0 Å². The van der Waals surface area contributed by atoms with Crippen LogP contribution in [0.15, 0.2) is 11.6 Å². The lowest BCUT2D eigenvalue weighted by Gasteiger charge is -2.12. The second-order valence-electron chi connectivity index (χ2n) is 4.28. The molecule has 0 bridgehead atoms. The first-order chi connectivity index (χ1) is 6.20. The highest BCUT2D eigenvalue weighted by Gasteiger charge is 2.03. The molecule has 1 atom stereocenters. The Morgan fingerprint density at radius 2 is 1.85 bits per heavy atom. The Balaban J connectivity index is 3.43. The zero-order valence-corrected chi connectivity index (χ0v) is 9.90. The maximum Gasteiger partial charge on any atom is -0.0348 e. The molecule has 0 saturated heterocycles. The molecule has 0 rings (SSSR count). The molecular weight excluding hydrogens is 156 g/mol. The van der Waals surface area contributed by atoms with Crippen LogP contribution >= 0.6 is 0 Å². The third-order valence-corrected chi connectivity index (χ3v) is 2.64. The van der Waals surface area contributed by atoms with Gasteiger partial charge in [0.05, 0.1) is 0 Å². The van der Waals surface area contributed by atoms with E-state index in [1.54, 1.807) is 0 Å². The fourth-order valence-corrected chi connectivity index (χ4v) is 1.76. The van der Waals surface area contributed by atoms with Gasteiger partial charge in [0.25, 0.3) is 0 Å². The SMILES string of the molecule is CCCC(CC)CCCC=C(C)C. The molecule has 1 unspecified atom stereocenters. The van der Waals surface area contributed by atoms with Gasteiger partial charge in [-0.25, -0.2) is 0 Å². The second-order valence-corrected chi connectivity index (χ2v) is 4.28. The minimum atomic E-state index is 0.982. The van der Waals surface area contributed by atoms with Gasteiger partial charge < -0.3 is 0 Å². The molecule has 0 amide bonds. The van der Waals surface area contributed by atoms with E-state index >= 15 is 0 Å². The maximum atomic E-state index is 2.36. The standard InChI is InChI=1S/C13H26/c1-5-9-13(6-2)11-8-7-10-12(3)4/h10,13H,5-9,11H2,1-4H3. The van der Waals surface area contributed by atoms with E-state index in [9.17, 15) is 0 Å². The molecule has 0 nitrogen and oxygen atoms in total. The van der Waals surface area contributed by atoms with Gasteiger partial charge in [-0.1, -0.05) is 51.2 Å². The number of hydrogen-bond acceptors (Lipinski definition) is 0. The van der Waals surface area contributed by atoms with E-state index in [1.165, 1.54) is 44.1 Å². The number of rotatable bonds is 7. The molecule has 0 N–H and O–H groups in total. The Kier molecular flexibility index (Phi) is 8.18. The summed E-state index contributed by atoms with van der Waals surface area (Å²) in [6, 6.07) is 0. The van der Waals surface area contributed by atoms with Crippen molar-refractivity contribution in [1.82, 2.24) is 0 Å². The first-order valence-corrected chi connectivity index (χ1v) is 5.84. The number of unbranched alkanes of at least 4 members (excludes halogenated alkanes) is 1. The lowest BCUT2D eigenvalue weighted by molar-refractivity contribution is 0.421. The lowest BCUT2D eigenvalue weighted by Crippen LogP contribution is -1.97. The van der Waals surface area contributed by atoms with Gasteiger partial charge in [0, 0.05) is 0 Å². The first-order valence-electron chi connectivity index (χ1n) is 5.84. The van der Waals surface area contributed by atoms with Crippen LogP contribution < -0.4 is 0 Å². The molecule has 0 aromatic carbocycles. The van der Waals surface area contributed by atoms with Gasteiger partial charge >= 0.3 is 0 Å². The van der Waals surface area contributed by atoms with E-state index < -0.39 is 0 Å². The van der Waals surface area contributed by atoms with E-state index in [1.807, 2.05) is 0 Å². The summed E-state index contributed by atoms with van der Waals surface area (Å²) in [6.45, 7) is 8.98. The molecule has 0 radical (unpaired) electrons. The summed E-state index contributed by atoms with van der Waals surface area (Å²) < 4.78 is 0. The fraction of sp³-hybridized carbons (Fsp3) is 0.846. The van der Waals surface area contributed by atoms with Gasteiger partial charge in [0.1, 0.15) is 0 Å². The fourth-order valence-electron chi connectivity index (χ4n) is 1.76. The maximum absolute atomic E-state index is 2.36. The highest BCUT2D eigenvalue weighted by molar-refractivity contribution is 4.92. The third kappa shape index (κ3) is 8.08. The highest BCUT2D eigenvalue weighted by atomic mass is 14.1. The van der Waals surface area contributed by atoms with Gasteiger partial charge in [-0.05, 0) is 32.6 Å². The summed E-state index contributed by atoms with van der Waals surface area (Å²) >= 11 is 0. The summed E-state index contributed by atoms with van der Waals surface area (Å²) in [6.07, 6.45) is 10.6. The average Bonchev–Trinajstić information content (AvgIpc) is 2.10. The zero-order chi connectivity index (χ0) is 10.1. The normalized spacial score (nSPS) is 12.6. The van der Waals surface area contributed by atoms with Gasteiger partial charge in [-0.2, -0.15) is 0 Å². The largest absolute Gasteiger partial charge is 0.0859 e. The summed E-state index contributed by atoms with van der Waals surface area (Å²) in [5.74, 6) is 0.982. The molecule has 0 saturated carbocycles. The van der Waals surface area contributed by atoms with Gasteiger partial charge in [0.2, 0.25) is 0 Å². The smallest absolute Gasteiger partial charge is 0.0348 e. The van der Waals surface area contributed by atoms with E-state index in [0.717, 1.165) is 5.92 Å². The van der Waals surface area contributed by atoms with Crippen molar-refractivity contribution in [2.24, 2.45) is 5.92 Å². The molecule has 0 aromatic heterocycles. The number of allylic oxidation sites excluding steroid dienone is 2. The average molecular weight is 182 g/mol. The molecule has 0 fully saturated rings. The molecule has 0 heterocycles. The zero-order valence-electron chi connectivity index (χ0n) is 9.90. The topological polar surface area (TPSA) is 0 Å². The van der Waals surface area contributed by atoms with Crippen molar-refractivity contribution in [3.8, 4) is 0 Å². The summed E-state index contributed by atoms with van der Waals surface area (Å²) in [5.41, 5.74) is 1.46. The van der Waals surface area contributed by atoms with Crippen molar-refractivity contribution in [1.29, 1.82) is 0 Å². The Hall–Kier alpha value is -0.260. The minimum absolute atomic E-state index is 0.982. The Morgan fingerprint density at radius 3 is 2.31 bits per heavy atom. The van der Waals surface area contributed by atoms with E-state index in [4.69, 9.17) is 0 Å². The summed E-state index contributed by atoms with van der Waals surface area (Å²) in [4.78, 5) is 0. The summed E-state index contributed by atoms with van der Waals surface area (Å²) in [5, 5.41) is 0. The third-order valence-electron chi connectivity index (χ3n) is 2.64. The molecule has 0 heteroatoms. The molecule has 78 valence electrons. The highest BCUT2D eigenvalue weighted by Crippen LogP contribution is 2.18. The van der Waals surface area contributed by atoms with Crippen LogP contribution in [0, 0.1) is 5.92 Å². The van der Waals surface area contributed by atoms with Crippen LogP contribution in [0.25, 0.3) is 0 Å². The summed E-state index contributed by atoms with van der Waals surface area (Å²) in [7, 11) is 0. The van der Waals surface area contributed by atoms with Crippen molar-refractivity contribution in [2.75, 3.05) is 0 Å².